The van der Waals surface area contributed by atoms with Crippen LogP contribution in [-0.4, -0.2) is 4.57 Å². The smallest absolute Gasteiger partial charge is 0.184 e. The minimum atomic E-state index is 0.142. The van der Waals surface area contributed by atoms with Gasteiger partial charge < -0.3 is 4.57 Å². The van der Waals surface area contributed by atoms with Crippen molar-refractivity contribution in [3.8, 4) is 0 Å². The summed E-state index contributed by atoms with van der Waals surface area (Å²) in [4.78, 5) is 11.9. The number of rotatable bonds is 4. The summed E-state index contributed by atoms with van der Waals surface area (Å²) >= 11 is 0. The molecule has 0 atom stereocenters. The normalized spacial score (nSPS) is 16.0. The Bertz CT molecular complexity index is 691. The fourth-order valence-electron chi connectivity index (χ4n) is 3.62. The highest BCUT2D eigenvalue weighted by Gasteiger charge is 2.15. The summed E-state index contributed by atoms with van der Waals surface area (Å²) < 4.78 is 2.12. The Kier molecular flexibility index (Phi) is 5.00. The van der Waals surface area contributed by atoms with Gasteiger partial charge in [0.2, 0.25) is 0 Å². The summed E-state index contributed by atoms with van der Waals surface area (Å²) in [6.45, 7) is 4.96. The van der Waals surface area contributed by atoms with E-state index in [-0.39, 0.29) is 11.3 Å². The SMILES string of the molecule is CC(C)c1cn(Cc2ccc(C3CCCCC3)cc2)ccc1=O. The highest BCUT2D eigenvalue weighted by molar-refractivity contribution is 5.26. The predicted octanol–water partition coefficient (Wildman–Crippen LogP) is 5.07. The van der Waals surface area contributed by atoms with Crippen molar-refractivity contribution in [2.75, 3.05) is 0 Å². The maximum absolute atomic E-state index is 11.9. The first-order valence-electron chi connectivity index (χ1n) is 8.92. The third-order valence-corrected chi connectivity index (χ3v) is 5.05. The zero-order valence-corrected chi connectivity index (χ0v) is 14.3. The Hall–Kier alpha value is -1.83. The van der Waals surface area contributed by atoms with Crippen molar-refractivity contribution in [1.29, 1.82) is 0 Å². The van der Waals surface area contributed by atoms with Gasteiger partial charge in [0.25, 0.3) is 0 Å². The minimum absolute atomic E-state index is 0.142. The average Bonchev–Trinajstić information content (AvgIpc) is 2.58. The van der Waals surface area contributed by atoms with Gasteiger partial charge in [0.05, 0.1) is 0 Å². The van der Waals surface area contributed by atoms with Gasteiger partial charge in [-0.15, -0.1) is 0 Å². The molecule has 0 radical (unpaired) electrons. The van der Waals surface area contributed by atoms with Crippen LogP contribution >= 0.6 is 0 Å². The molecule has 2 heteroatoms. The Morgan fingerprint density at radius 2 is 1.74 bits per heavy atom. The van der Waals surface area contributed by atoms with Gasteiger partial charge in [0.15, 0.2) is 5.43 Å². The highest BCUT2D eigenvalue weighted by atomic mass is 16.1. The molecule has 1 aliphatic rings. The van der Waals surface area contributed by atoms with Gasteiger partial charge in [-0.05, 0) is 35.8 Å². The van der Waals surface area contributed by atoms with Crippen molar-refractivity contribution in [3.05, 3.63) is 69.6 Å². The average molecular weight is 309 g/mol. The van der Waals surface area contributed by atoms with Crippen molar-refractivity contribution in [3.63, 3.8) is 0 Å². The van der Waals surface area contributed by atoms with Crippen LogP contribution in [0, 0.1) is 0 Å². The van der Waals surface area contributed by atoms with Gasteiger partial charge in [0.1, 0.15) is 0 Å². The van der Waals surface area contributed by atoms with E-state index in [2.05, 4.69) is 42.7 Å². The van der Waals surface area contributed by atoms with E-state index < -0.39 is 0 Å². The summed E-state index contributed by atoms with van der Waals surface area (Å²) in [6.07, 6.45) is 10.7. The number of hydrogen-bond acceptors (Lipinski definition) is 1. The molecule has 0 N–H and O–H groups in total. The molecule has 0 bridgehead atoms. The fraction of sp³-hybridized carbons (Fsp3) is 0.476. The van der Waals surface area contributed by atoms with Crippen LogP contribution in [0.15, 0.2) is 47.5 Å². The zero-order valence-electron chi connectivity index (χ0n) is 14.3. The molecule has 23 heavy (non-hydrogen) atoms. The fourth-order valence-corrected chi connectivity index (χ4v) is 3.62. The molecule has 1 saturated carbocycles. The Balaban J connectivity index is 1.73. The molecule has 2 nitrogen and oxygen atoms in total. The maximum atomic E-state index is 11.9. The number of pyridine rings is 1. The molecule has 122 valence electrons. The monoisotopic (exact) mass is 309 g/mol. The summed E-state index contributed by atoms with van der Waals surface area (Å²) in [7, 11) is 0. The molecule has 1 aromatic carbocycles. The van der Waals surface area contributed by atoms with Crippen LogP contribution in [0.25, 0.3) is 0 Å². The number of nitrogens with zero attached hydrogens (tertiary/aromatic N) is 1. The van der Waals surface area contributed by atoms with E-state index in [1.54, 1.807) is 6.07 Å². The standard InChI is InChI=1S/C21H27NO/c1-16(2)20-15-22(13-12-21(20)23)14-17-8-10-19(11-9-17)18-6-4-3-5-7-18/h8-13,15-16,18H,3-7,14H2,1-2H3. The van der Waals surface area contributed by atoms with Crippen LogP contribution in [0.3, 0.4) is 0 Å². The molecule has 1 heterocycles. The highest BCUT2D eigenvalue weighted by Crippen LogP contribution is 2.32. The van der Waals surface area contributed by atoms with Crippen molar-refractivity contribution >= 4 is 0 Å². The number of benzene rings is 1. The third kappa shape index (κ3) is 3.93. The van der Waals surface area contributed by atoms with Crippen molar-refractivity contribution in [2.45, 2.75) is 64.3 Å². The van der Waals surface area contributed by atoms with E-state index in [1.165, 1.54) is 43.2 Å². The third-order valence-electron chi connectivity index (χ3n) is 5.05. The molecular formula is C21H27NO. The lowest BCUT2D eigenvalue weighted by atomic mass is 9.84. The van der Waals surface area contributed by atoms with Crippen LogP contribution in [0.5, 0.6) is 0 Å². The van der Waals surface area contributed by atoms with Crippen LogP contribution < -0.4 is 5.43 Å². The van der Waals surface area contributed by atoms with Gasteiger partial charge in [0, 0.05) is 30.6 Å². The van der Waals surface area contributed by atoms with E-state index in [1.807, 2.05) is 12.4 Å². The molecule has 1 aliphatic carbocycles. The lowest BCUT2D eigenvalue weighted by Crippen LogP contribution is -2.13. The van der Waals surface area contributed by atoms with Gasteiger partial charge in [-0.1, -0.05) is 57.4 Å². The summed E-state index contributed by atoms with van der Waals surface area (Å²) in [5, 5.41) is 0. The zero-order chi connectivity index (χ0) is 16.2. The molecule has 3 rings (SSSR count). The number of hydrogen-bond donors (Lipinski definition) is 0. The van der Waals surface area contributed by atoms with E-state index in [0.29, 0.717) is 0 Å². The molecule has 1 fully saturated rings. The first kappa shape index (κ1) is 16.0. The predicted molar refractivity (Wildman–Crippen MR) is 96.2 cm³/mol. The Labute approximate surface area is 139 Å². The van der Waals surface area contributed by atoms with Crippen LogP contribution in [0.4, 0.5) is 0 Å². The second-order valence-corrected chi connectivity index (χ2v) is 7.17. The van der Waals surface area contributed by atoms with Gasteiger partial charge in [-0.2, -0.15) is 0 Å². The molecule has 0 unspecified atom stereocenters. The quantitative estimate of drug-likeness (QED) is 0.773. The van der Waals surface area contributed by atoms with E-state index >= 15 is 0 Å². The van der Waals surface area contributed by atoms with Crippen LogP contribution in [0.2, 0.25) is 0 Å². The van der Waals surface area contributed by atoms with Gasteiger partial charge in [-0.3, -0.25) is 4.79 Å². The van der Waals surface area contributed by atoms with Crippen LogP contribution in [0.1, 0.15) is 74.5 Å². The summed E-state index contributed by atoms with van der Waals surface area (Å²) in [6, 6.07) is 10.8. The van der Waals surface area contributed by atoms with Crippen LogP contribution in [-0.2, 0) is 6.54 Å². The molecule has 0 amide bonds. The Morgan fingerprint density at radius 1 is 1.04 bits per heavy atom. The molecular weight excluding hydrogens is 282 g/mol. The van der Waals surface area contributed by atoms with E-state index in [0.717, 1.165) is 18.0 Å². The molecule has 0 spiro atoms. The van der Waals surface area contributed by atoms with Gasteiger partial charge in [-0.25, -0.2) is 0 Å². The first-order chi connectivity index (χ1) is 11.1. The number of aromatic nitrogens is 1. The topological polar surface area (TPSA) is 22.0 Å². The lowest BCUT2D eigenvalue weighted by Gasteiger charge is -2.22. The Morgan fingerprint density at radius 3 is 2.39 bits per heavy atom. The lowest BCUT2D eigenvalue weighted by molar-refractivity contribution is 0.443. The van der Waals surface area contributed by atoms with Crippen molar-refractivity contribution < 1.29 is 0 Å². The largest absolute Gasteiger partial charge is 0.349 e. The van der Waals surface area contributed by atoms with E-state index in [9.17, 15) is 4.79 Å². The van der Waals surface area contributed by atoms with Crippen molar-refractivity contribution in [2.24, 2.45) is 0 Å². The van der Waals surface area contributed by atoms with Crippen molar-refractivity contribution in [1.82, 2.24) is 4.57 Å². The summed E-state index contributed by atoms with van der Waals surface area (Å²) in [5.74, 6) is 1.03. The second kappa shape index (κ2) is 7.16. The van der Waals surface area contributed by atoms with E-state index in [4.69, 9.17) is 0 Å². The molecule has 0 aliphatic heterocycles. The molecule has 2 aromatic rings. The van der Waals surface area contributed by atoms with Gasteiger partial charge >= 0.3 is 0 Å². The molecule has 1 aromatic heterocycles. The maximum Gasteiger partial charge on any atom is 0.184 e. The first-order valence-corrected chi connectivity index (χ1v) is 8.92. The molecule has 0 saturated heterocycles. The summed E-state index contributed by atoms with van der Waals surface area (Å²) in [5.41, 5.74) is 3.83. The second-order valence-electron chi connectivity index (χ2n) is 7.17. The minimum Gasteiger partial charge on any atom is -0.349 e.